The van der Waals surface area contributed by atoms with Crippen LogP contribution in [0.15, 0.2) is 0 Å². The fourth-order valence-electron chi connectivity index (χ4n) is 3.36. The van der Waals surface area contributed by atoms with Gasteiger partial charge in [0.1, 0.15) is 0 Å². The molecule has 0 aromatic rings. The predicted octanol–water partition coefficient (Wildman–Crippen LogP) is 2.43. The molecule has 0 N–H and O–H groups in total. The van der Waals surface area contributed by atoms with Gasteiger partial charge < -0.3 is 9.80 Å². The Hall–Kier alpha value is -0.330. The zero-order chi connectivity index (χ0) is 15.1. The molecule has 0 aromatic carbocycles. The van der Waals surface area contributed by atoms with Crippen molar-refractivity contribution >= 4 is 0 Å². The molecule has 0 atom stereocenters. The third kappa shape index (κ3) is 6.98. The maximum Gasteiger partial charge on any atom is 0.401 e. The monoisotopic (exact) mass is 307 g/mol. The molecule has 0 spiro atoms. The van der Waals surface area contributed by atoms with Crippen molar-refractivity contribution in [3.05, 3.63) is 0 Å². The van der Waals surface area contributed by atoms with Crippen molar-refractivity contribution in [3.63, 3.8) is 0 Å². The number of nitrogens with zero attached hydrogens (tertiary/aromatic N) is 3. The minimum Gasteiger partial charge on any atom is -0.303 e. The van der Waals surface area contributed by atoms with Crippen LogP contribution in [0.2, 0.25) is 0 Å². The molecule has 21 heavy (non-hydrogen) atoms. The van der Waals surface area contributed by atoms with Crippen LogP contribution in [0.3, 0.4) is 0 Å². The minimum atomic E-state index is -4.07. The summed E-state index contributed by atoms with van der Waals surface area (Å²) in [5.41, 5.74) is 0. The topological polar surface area (TPSA) is 9.72 Å². The maximum absolute atomic E-state index is 12.4. The number of likely N-dealkylation sites (tertiary alicyclic amines) is 1. The van der Waals surface area contributed by atoms with Crippen LogP contribution in [0.25, 0.3) is 0 Å². The fourth-order valence-corrected chi connectivity index (χ4v) is 3.36. The molecule has 0 unspecified atom stereocenters. The predicted molar refractivity (Wildman–Crippen MR) is 78.5 cm³/mol. The van der Waals surface area contributed by atoms with E-state index in [1.807, 2.05) is 0 Å². The quantitative estimate of drug-likeness (QED) is 0.772. The normalized spacial score (nSPS) is 24.1. The lowest BCUT2D eigenvalue weighted by atomic mass is 10.1. The van der Waals surface area contributed by atoms with Crippen LogP contribution < -0.4 is 0 Å². The van der Waals surface area contributed by atoms with E-state index in [2.05, 4.69) is 9.80 Å². The molecule has 2 saturated heterocycles. The zero-order valence-electron chi connectivity index (χ0n) is 12.9. The van der Waals surface area contributed by atoms with E-state index in [4.69, 9.17) is 0 Å². The van der Waals surface area contributed by atoms with Crippen LogP contribution in [0.4, 0.5) is 13.2 Å². The van der Waals surface area contributed by atoms with Gasteiger partial charge in [0.05, 0.1) is 6.54 Å². The van der Waals surface area contributed by atoms with E-state index in [1.165, 1.54) is 32.4 Å². The van der Waals surface area contributed by atoms with Gasteiger partial charge in [0, 0.05) is 13.1 Å². The molecular formula is C15H28F3N3. The Morgan fingerprint density at radius 3 is 1.81 bits per heavy atom. The molecule has 0 bridgehead atoms. The van der Waals surface area contributed by atoms with Crippen LogP contribution >= 0.6 is 0 Å². The molecule has 3 nitrogen and oxygen atoms in total. The smallest absolute Gasteiger partial charge is 0.303 e. The van der Waals surface area contributed by atoms with Gasteiger partial charge in [0.25, 0.3) is 0 Å². The average Bonchev–Trinajstić information content (AvgIpc) is 2.64. The summed E-state index contributed by atoms with van der Waals surface area (Å²) in [5.74, 6) is 0. The number of alkyl halides is 3. The van der Waals surface area contributed by atoms with Gasteiger partial charge in [-0.25, -0.2) is 0 Å². The Morgan fingerprint density at radius 2 is 1.14 bits per heavy atom. The first-order chi connectivity index (χ1) is 10.0. The Bertz CT molecular complexity index is 290. The molecule has 0 aliphatic carbocycles. The van der Waals surface area contributed by atoms with Crippen molar-refractivity contribution in [2.24, 2.45) is 0 Å². The zero-order valence-corrected chi connectivity index (χ0v) is 12.9. The highest BCUT2D eigenvalue weighted by Gasteiger charge is 2.31. The minimum absolute atomic E-state index is 0.545. The van der Waals surface area contributed by atoms with Crippen molar-refractivity contribution in [1.82, 2.24) is 14.7 Å². The Labute approximate surface area is 126 Å². The highest BCUT2D eigenvalue weighted by atomic mass is 19.4. The van der Waals surface area contributed by atoms with Crippen molar-refractivity contribution in [2.45, 2.75) is 38.3 Å². The van der Waals surface area contributed by atoms with Gasteiger partial charge in [-0.15, -0.1) is 0 Å². The van der Waals surface area contributed by atoms with Crippen molar-refractivity contribution in [1.29, 1.82) is 0 Å². The molecule has 2 aliphatic rings. The summed E-state index contributed by atoms with van der Waals surface area (Å²) in [6, 6.07) is 0. The molecule has 2 rings (SSSR count). The van der Waals surface area contributed by atoms with Crippen LogP contribution in [0, 0.1) is 0 Å². The molecule has 124 valence electrons. The number of piperidine rings is 1. The molecule has 0 saturated carbocycles. The largest absolute Gasteiger partial charge is 0.401 e. The Balaban J connectivity index is 1.61. The van der Waals surface area contributed by atoms with Crippen LogP contribution in [-0.2, 0) is 0 Å². The van der Waals surface area contributed by atoms with Gasteiger partial charge in [-0.05, 0) is 65.0 Å². The van der Waals surface area contributed by atoms with E-state index in [-0.39, 0.29) is 0 Å². The van der Waals surface area contributed by atoms with Crippen molar-refractivity contribution < 1.29 is 13.2 Å². The fraction of sp³-hybridized carbons (Fsp3) is 1.00. The van der Waals surface area contributed by atoms with Gasteiger partial charge in [0.2, 0.25) is 0 Å². The van der Waals surface area contributed by atoms with Gasteiger partial charge in [-0.3, -0.25) is 4.90 Å². The summed E-state index contributed by atoms with van der Waals surface area (Å²) in [5, 5.41) is 0. The maximum atomic E-state index is 12.4. The highest BCUT2D eigenvalue weighted by molar-refractivity contribution is 4.73. The first-order valence-electron chi connectivity index (χ1n) is 8.27. The summed E-state index contributed by atoms with van der Waals surface area (Å²) in [4.78, 5) is 6.40. The van der Waals surface area contributed by atoms with Crippen molar-refractivity contribution in [2.75, 3.05) is 58.9 Å². The summed E-state index contributed by atoms with van der Waals surface area (Å²) in [6.07, 6.45) is 1.91. The molecular weight excluding hydrogens is 279 g/mol. The van der Waals surface area contributed by atoms with E-state index in [9.17, 15) is 13.2 Å². The van der Waals surface area contributed by atoms with Gasteiger partial charge in [0.15, 0.2) is 0 Å². The van der Waals surface area contributed by atoms with E-state index in [1.54, 1.807) is 4.90 Å². The lowest BCUT2D eigenvalue weighted by Crippen LogP contribution is -2.38. The summed E-state index contributed by atoms with van der Waals surface area (Å²) < 4.78 is 37.3. The second-order valence-electron chi connectivity index (χ2n) is 6.34. The lowest BCUT2D eigenvalue weighted by molar-refractivity contribution is -0.145. The van der Waals surface area contributed by atoms with E-state index in [0.717, 1.165) is 39.0 Å². The third-order valence-corrected chi connectivity index (χ3v) is 4.48. The molecule has 2 heterocycles. The van der Waals surface area contributed by atoms with E-state index >= 15 is 0 Å². The molecule has 6 heteroatoms. The third-order valence-electron chi connectivity index (χ3n) is 4.48. The Kier molecular flexibility index (Phi) is 6.76. The van der Waals surface area contributed by atoms with Gasteiger partial charge >= 0.3 is 6.18 Å². The second kappa shape index (κ2) is 8.34. The number of hydrogen-bond acceptors (Lipinski definition) is 3. The number of halogens is 3. The standard InChI is InChI=1S/C15H28F3N3/c16-15(17,18)14-21-11-5-10-20(12-13-21)9-4-8-19-6-2-1-3-7-19/h1-14H2. The number of hydrogen-bond donors (Lipinski definition) is 0. The number of rotatable bonds is 5. The molecule has 2 fully saturated rings. The summed E-state index contributed by atoms with van der Waals surface area (Å²) in [7, 11) is 0. The van der Waals surface area contributed by atoms with Gasteiger partial charge in [-0.2, -0.15) is 13.2 Å². The van der Waals surface area contributed by atoms with Crippen LogP contribution in [0.1, 0.15) is 32.1 Å². The lowest BCUT2D eigenvalue weighted by Gasteiger charge is -2.28. The van der Waals surface area contributed by atoms with E-state index < -0.39 is 12.7 Å². The average molecular weight is 307 g/mol. The first kappa shape index (κ1) is 17.0. The Morgan fingerprint density at radius 1 is 0.619 bits per heavy atom. The second-order valence-corrected chi connectivity index (χ2v) is 6.34. The molecule has 2 aliphatic heterocycles. The first-order valence-corrected chi connectivity index (χ1v) is 8.27. The van der Waals surface area contributed by atoms with Crippen molar-refractivity contribution in [3.8, 4) is 0 Å². The van der Waals surface area contributed by atoms with Crippen LogP contribution in [0.5, 0.6) is 0 Å². The summed E-state index contributed by atoms with van der Waals surface area (Å²) in [6.45, 7) is 6.68. The summed E-state index contributed by atoms with van der Waals surface area (Å²) >= 11 is 0. The van der Waals surface area contributed by atoms with E-state index in [0.29, 0.717) is 13.1 Å². The SMILES string of the molecule is FC(F)(F)CN1CCCN(CCCN2CCCCC2)CC1. The van der Waals surface area contributed by atoms with Crippen LogP contribution in [-0.4, -0.2) is 79.8 Å². The van der Waals surface area contributed by atoms with Gasteiger partial charge in [-0.1, -0.05) is 6.42 Å². The highest BCUT2D eigenvalue weighted by Crippen LogP contribution is 2.17. The molecule has 0 radical (unpaired) electrons. The molecule has 0 amide bonds. The molecule has 0 aromatic heterocycles.